The van der Waals surface area contributed by atoms with E-state index in [0.29, 0.717) is 6.04 Å². The molecule has 1 unspecified atom stereocenters. The van der Waals surface area contributed by atoms with E-state index in [1.165, 1.54) is 0 Å². The van der Waals surface area contributed by atoms with Crippen molar-refractivity contribution in [3.05, 3.63) is 0 Å². The second kappa shape index (κ2) is 7.43. The number of piperazine rings is 1. The topological polar surface area (TPSA) is 38.7 Å². The first-order valence-corrected chi connectivity index (χ1v) is 7.27. The van der Waals surface area contributed by atoms with Crippen molar-refractivity contribution < 1.29 is 5.11 Å². The molecule has 0 bridgehead atoms. The van der Waals surface area contributed by atoms with Crippen LogP contribution in [0.3, 0.4) is 0 Å². The molecule has 0 aromatic heterocycles. The summed E-state index contributed by atoms with van der Waals surface area (Å²) in [5.74, 6) is 0. The summed E-state index contributed by atoms with van der Waals surface area (Å²) >= 11 is 0. The molecule has 0 saturated carbocycles. The molecule has 2 N–H and O–H groups in total. The Kier molecular flexibility index (Phi) is 6.57. The van der Waals surface area contributed by atoms with Crippen molar-refractivity contribution in [1.82, 2.24) is 15.1 Å². The van der Waals surface area contributed by atoms with E-state index in [1.807, 2.05) is 0 Å². The molecule has 1 saturated heterocycles. The van der Waals surface area contributed by atoms with E-state index < -0.39 is 0 Å². The predicted molar refractivity (Wildman–Crippen MR) is 76.9 cm³/mol. The smallest absolute Gasteiger partial charge is 0.0499 e. The van der Waals surface area contributed by atoms with Crippen LogP contribution in [0.1, 0.15) is 26.7 Å². The Labute approximate surface area is 112 Å². The second-order valence-corrected chi connectivity index (χ2v) is 5.89. The summed E-state index contributed by atoms with van der Waals surface area (Å²) in [4.78, 5) is 4.83. The van der Waals surface area contributed by atoms with Gasteiger partial charge in [0.15, 0.2) is 0 Å². The Bertz CT molecular complexity index is 223. The minimum Gasteiger partial charge on any atom is -0.396 e. The molecule has 1 atom stereocenters. The number of nitrogens with zero attached hydrogens (tertiary/aromatic N) is 2. The quantitative estimate of drug-likeness (QED) is 0.701. The van der Waals surface area contributed by atoms with Crippen LogP contribution in [0.2, 0.25) is 0 Å². The lowest BCUT2D eigenvalue weighted by Gasteiger charge is -2.38. The summed E-state index contributed by atoms with van der Waals surface area (Å²) in [6.45, 7) is 10.0. The SMILES string of the molecule is CCC(CC)(CO)CNCC1CN(C)CCN1C. The lowest BCUT2D eigenvalue weighted by atomic mass is 9.83. The first kappa shape index (κ1) is 15.9. The number of aliphatic hydroxyl groups excluding tert-OH is 1. The number of likely N-dealkylation sites (N-methyl/N-ethyl adjacent to an activating group) is 2. The van der Waals surface area contributed by atoms with E-state index in [4.69, 9.17) is 0 Å². The average molecular weight is 257 g/mol. The van der Waals surface area contributed by atoms with Gasteiger partial charge in [-0.1, -0.05) is 13.8 Å². The molecule has 0 amide bonds. The van der Waals surface area contributed by atoms with Gasteiger partial charge in [0.2, 0.25) is 0 Å². The first-order valence-electron chi connectivity index (χ1n) is 7.27. The Morgan fingerprint density at radius 2 is 1.89 bits per heavy atom. The van der Waals surface area contributed by atoms with Gasteiger partial charge in [-0.05, 0) is 26.9 Å². The van der Waals surface area contributed by atoms with Gasteiger partial charge in [0, 0.05) is 50.8 Å². The zero-order valence-corrected chi connectivity index (χ0v) is 12.6. The minimum absolute atomic E-state index is 0.0686. The van der Waals surface area contributed by atoms with Gasteiger partial charge in [-0.3, -0.25) is 4.90 Å². The van der Waals surface area contributed by atoms with Crippen molar-refractivity contribution in [2.45, 2.75) is 32.7 Å². The highest BCUT2D eigenvalue weighted by molar-refractivity contribution is 4.83. The molecule has 1 rings (SSSR count). The Balaban J connectivity index is 2.35. The molecule has 4 nitrogen and oxygen atoms in total. The molecule has 0 aromatic carbocycles. The Hall–Kier alpha value is -0.160. The maximum Gasteiger partial charge on any atom is 0.0499 e. The maximum atomic E-state index is 9.55. The summed E-state index contributed by atoms with van der Waals surface area (Å²) in [7, 11) is 4.40. The monoisotopic (exact) mass is 257 g/mol. The van der Waals surface area contributed by atoms with Crippen LogP contribution < -0.4 is 5.32 Å². The highest BCUT2D eigenvalue weighted by Gasteiger charge is 2.26. The van der Waals surface area contributed by atoms with Crippen LogP contribution in [0, 0.1) is 5.41 Å². The lowest BCUT2D eigenvalue weighted by molar-refractivity contribution is 0.0932. The zero-order valence-electron chi connectivity index (χ0n) is 12.6. The molecular weight excluding hydrogens is 226 g/mol. The number of aliphatic hydroxyl groups is 1. The molecule has 1 heterocycles. The fourth-order valence-electron chi connectivity index (χ4n) is 2.61. The molecule has 1 aliphatic heterocycles. The fourth-order valence-corrected chi connectivity index (χ4v) is 2.61. The largest absolute Gasteiger partial charge is 0.396 e. The van der Waals surface area contributed by atoms with Crippen LogP contribution in [0.25, 0.3) is 0 Å². The lowest BCUT2D eigenvalue weighted by Crippen LogP contribution is -2.54. The normalized spacial score (nSPS) is 23.5. The van der Waals surface area contributed by atoms with Crippen molar-refractivity contribution in [2.24, 2.45) is 5.41 Å². The van der Waals surface area contributed by atoms with E-state index in [9.17, 15) is 5.11 Å². The van der Waals surface area contributed by atoms with Crippen molar-refractivity contribution in [3.63, 3.8) is 0 Å². The number of nitrogens with one attached hydrogen (secondary N) is 1. The third-order valence-corrected chi connectivity index (χ3v) is 4.70. The first-order chi connectivity index (χ1) is 8.56. The second-order valence-electron chi connectivity index (χ2n) is 5.89. The van der Waals surface area contributed by atoms with Gasteiger partial charge in [0.05, 0.1) is 0 Å². The molecular formula is C14H31N3O. The summed E-state index contributed by atoms with van der Waals surface area (Å²) in [5, 5.41) is 13.1. The van der Waals surface area contributed by atoms with Gasteiger partial charge >= 0.3 is 0 Å². The summed E-state index contributed by atoms with van der Waals surface area (Å²) in [6.07, 6.45) is 2.07. The minimum atomic E-state index is 0.0686. The summed E-state index contributed by atoms with van der Waals surface area (Å²) < 4.78 is 0. The highest BCUT2D eigenvalue weighted by atomic mass is 16.3. The van der Waals surface area contributed by atoms with E-state index in [1.54, 1.807) is 0 Å². The molecule has 0 spiro atoms. The van der Waals surface area contributed by atoms with Gasteiger partial charge in [-0.25, -0.2) is 0 Å². The zero-order chi connectivity index (χ0) is 13.6. The molecule has 0 radical (unpaired) electrons. The van der Waals surface area contributed by atoms with Gasteiger partial charge in [0.25, 0.3) is 0 Å². The van der Waals surface area contributed by atoms with E-state index in [2.05, 4.69) is 43.1 Å². The third kappa shape index (κ3) is 4.19. The van der Waals surface area contributed by atoms with Gasteiger partial charge in [-0.15, -0.1) is 0 Å². The maximum absolute atomic E-state index is 9.55. The van der Waals surface area contributed by atoms with Gasteiger partial charge in [-0.2, -0.15) is 0 Å². The van der Waals surface area contributed by atoms with Crippen LogP contribution >= 0.6 is 0 Å². The molecule has 1 aliphatic rings. The van der Waals surface area contributed by atoms with Crippen molar-refractivity contribution >= 4 is 0 Å². The third-order valence-electron chi connectivity index (χ3n) is 4.70. The predicted octanol–water partition coefficient (Wildman–Crippen LogP) is 0.621. The average Bonchev–Trinajstić information content (AvgIpc) is 2.39. The van der Waals surface area contributed by atoms with Gasteiger partial charge in [0.1, 0.15) is 0 Å². The Morgan fingerprint density at radius 1 is 1.22 bits per heavy atom. The summed E-state index contributed by atoms with van der Waals surface area (Å²) in [5.41, 5.74) is 0.0686. The van der Waals surface area contributed by atoms with E-state index in [0.717, 1.165) is 45.6 Å². The van der Waals surface area contributed by atoms with Crippen molar-refractivity contribution in [1.29, 1.82) is 0 Å². The molecule has 18 heavy (non-hydrogen) atoms. The van der Waals surface area contributed by atoms with Crippen LogP contribution in [0.15, 0.2) is 0 Å². The standard InChI is InChI=1S/C14H31N3O/c1-5-14(6-2,12-18)11-15-9-13-10-16(3)7-8-17(13)4/h13,15,18H,5-12H2,1-4H3. The highest BCUT2D eigenvalue weighted by Crippen LogP contribution is 2.24. The Morgan fingerprint density at radius 3 is 2.44 bits per heavy atom. The van der Waals surface area contributed by atoms with Crippen LogP contribution in [-0.2, 0) is 0 Å². The van der Waals surface area contributed by atoms with Crippen LogP contribution in [0.5, 0.6) is 0 Å². The van der Waals surface area contributed by atoms with Crippen molar-refractivity contribution in [2.75, 3.05) is 53.4 Å². The number of hydrogen-bond acceptors (Lipinski definition) is 4. The van der Waals surface area contributed by atoms with Crippen LogP contribution in [0.4, 0.5) is 0 Å². The van der Waals surface area contributed by atoms with E-state index >= 15 is 0 Å². The number of rotatable bonds is 7. The van der Waals surface area contributed by atoms with Crippen molar-refractivity contribution in [3.8, 4) is 0 Å². The molecule has 0 aliphatic carbocycles. The van der Waals surface area contributed by atoms with Crippen LogP contribution in [-0.4, -0.2) is 74.4 Å². The van der Waals surface area contributed by atoms with E-state index in [-0.39, 0.29) is 12.0 Å². The molecule has 0 aromatic rings. The molecule has 4 heteroatoms. The molecule has 108 valence electrons. The molecule has 1 fully saturated rings. The summed E-state index contributed by atoms with van der Waals surface area (Å²) in [6, 6.07) is 0.592. The fraction of sp³-hybridized carbons (Fsp3) is 1.00. The number of hydrogen-bond donors (Lipinski definition) is 2. The van der Waals surface area contributed by atoms with Gasteiger partial charge < -0.3 is 15.3 Å².